The number of ether oxygens (including phenoxy) is 1. The summed E-state index contributed by atoms with van der Waals surface area (Å²) in [5, 5.41) is 0. The Morgan fingerprint density at radius 1 is 0.962 bits per heavy atom. The van der Waals surface area contributed by atoms with E-state index in [4.69, 9.17) is 4.74 Å². The molecule has 0 amide bonds. The van der Waals surface area contributed by atoms with Gasteiger partial charge in [0.15, 0.2) is 0 Å². The predicted octanol–water partition coefficient (Wildman–Crippen LogP) is 5.59. The van der Waals surface area contributed by atoms with Crippen LogP contribution in [0, 0.1) is 17.8 Å². The molecule has 0 bridgehead atoms. The molecule has 0 saturated heterocycles. The number of esters is 1. The van der Waals surface area contributed by atoms with E-state index < -0.39 is 0 Å². The van der Waals surface area contributed by atoms with Crippen LogP contribution in [0.1, 0.15) is 84.0 Å². The number of unbranched alkanes of at least 4 members (excludes halogenated alkanes) is 2. The minimum atomic E-state index is -0.199. The van der Waals surface area contributed by atoms with E-state index in [1.54, 1.807) is 0 Å². The van der Waals surface area contributed by atoms with Gasteiger partial charge in [-0.15, -0.1) is 0 Å². The lowest BCUT2D eigenvalue weighted by atomic mass is 9.70. The second-order valence-electron chi connectivity index (χ2n) is 9.06. The Labute approximate surface area is 161 Å². The van der Waals surface area contributed by atoms with Gasteiger partial charge in [0.25, 0.3) is 0 Å². The van der Waals surface area contributed by atoms with E-state index in [1.807, 2.05) is 19.0 Å². The summed E-state index contributed by atoms with van der Waals surface area (Å²) in [6, 6.07) is 0. The largest absolute Gasteiger partial charge is 0.459 e. The molecule has 2 aliphatic rings. The van der Waals surface area contributed by atoms with Crippen LogP contribution >= 0.6 is 0 Å². The zero-order chi connectivity index (χ0) is 18.9. The fourth-order valence-corrected chi connectivity index (χ4v) is 4.99. The van der Waals surface area contributed by atoms with Gasteiger partial charge in [-0.05, 0) is 70.4 Å². The molecular formula is C23H41NO2. The van der Waals surface area contributed by atoms with Crippen molar-refractivity contribution in [2.24, 2.45) is 17.8 Å². The van der Waals surface area contributed by atoms with Gasteiger partial charge in [-0.3, -0.25) is 0 Å². The summed E-state index contributed by atoms with van der Waals surface area (Å²) in [6.07, 6.45) is 16.1. The molecule has 0 aromatic carbocycles. The van der Waals surface area contributed by atoms with E-state index in [2.05, 4.69) is 13.5 Å². The molecule has 2 rings (SSSR count). The molecule has 150 valence electrons. The van der Waals surface area contributed by atoms with Gasteiger partial charge in [-0.25, -0.2) is 4.79 Å². The third-order valence-electron chi connectivity index (χ3n) is 6.56. The lowest BCUT2D eigenvalue weighted by Gasteiger charge is -2.37. The summed E-state index contributed by atoms with van der Waals surface area (Å²) < 4.78 is 5.70. The van der Waals surface area contributed by atoms with Gasteiger partial charge < -0.3 is 9.64 Å². The van der Waals surface area contributed by atoms with Gasteiger partial charge in [0.1, 0.15) is 6.10 Å². The lowest BCUT2D eigenvalue weighted by Crippen LogP contribution is -2.31. The van der Waals surface area contributed by atoms with Gasteiger partial charge in [-0.2, -0.15) is 0 Å². The Morgan fingerprint density at radius 3 is 2.08 bits per heavy atom. The summed E-state index contributed by atoms with van der Waals surface area (Å²) in [7, 11) is 3.89. The van der Waals surface area contributed by atoms with E-state index in [-0.39, 0.29) is 12.1 Å². The van der Waals surface area contributed by atoms with Crippen molar-refractivity contribution in [3.8, 4) is 0 Å². The first-order valence-corrected chi connectivity index (χ1v) is 11.0. The second kappa shape index (κ2) is 11.1. The Hall–Kier alpha value is -0.830. The minimum absolute atomic E-state index is 0.114. The second-order valence-corrected chi connectivity index (χ2v) is 9.06. The number of likely N-dealkylation sites (N-methyl/N-ethyl adjacent to an activating group) is 1. The third-order valence-corrected chi connectivity index (χ3v) is 6.56. The predicted molar refractivity (Wildman–Crippen MR) is 109 cm³/mol. The van der Waals surface area contributed by atoms with Crippen molar-refractivity contribution < 1.29 is 9.53 Å². The van der Waals surface area contributed by atoms with Crippen LogP contribution in [-0.4, -0.2) is 37.6 Å². The highest BCUT2D eigenvalue weighted by atomic mass is 16.5. The van der Waals surface area contributed by atoms with Gasteiger partial charge >= 0.3 is 5.97 Å². The number of nitrogens with zero attached hydrogens (tertiary/aromatic N) is 1. The standard InChI is InChI=1S/C23H41NO2/c1-5-6-7-8-19-9-11-20(12-10-19)21-13-15-22(16-14-21)26-23(25)18(2)17-24(3)4/h19-22H,2,5-17H2,1,3-4H3. The van der Waals surface area contributed by atoms with E-state index in [0.29, 0.717) is 12.1 Å². The van der Waals surface area contributed by atoms with Crippen molar-refractivity contribution in [3.05, 3.63) is 12.2 Å². The lowest BCUT2D eigenvalue weighted by molar-refractivity contribution is -0.146. The maximum absolute atomic E-state index is 12.1. The van der Waals surface area contributed by atoms with E-state index >= 15 is 0 Å². The highest BCUT2D eigenvalue weighted by Crippen LogP contribution is 2.41. The summed E-state index contributed by atoms with van der Waals surface area (Å²) in [5.74, 6) is 2.59. The molecule has 0 atom stereocenters. The first-order chi connectivity index (χ1) is 12.5. The Bertz CT molecular complexity index is 429. The molecule has 0 heterocycles. The minimum Gasteiger partial charge on any atom is -0.459 e. The van der Waals surface area contributed by atoms with Crippen LogP contribution < -0.4 is 0 Å². The summed E-state index contributed by atoms with van der Waals surface area (Å²) in [6.45, 7) is 6.74. The van der Waals surface area contributed by atoms with Gasteiger partial charge in [0.2, 0.25) is 0 Å². The Morgan fingerprint density at radius 2 is 1.54 bits per heavy atom. The van der Waals surface area contributed by atoms with E-state index in [1.165, 1.54) is 64.2 Å². The molecule has 0 aromatic rings. The summed E-state index contributed by atoms with van der Waals surface area (Å²) >= 11 is 0. The van der Waals surface area contributed by atoms with Crippen LogP contribution in [0.25, 0.3) is 0 Å². The Balaban J connectivity index is 1.64. The van der Waals surface area contributed by atoms with Crippen LogP contribution in [-0.2, 0) is 9.53 Å². The average molecular weight is 364 g/mol. The highest BCUT2D eigenvalue weighted by molar-refractivity contribution is 5.88. The highest BCUT2D eigenvalue weighted by Gasteiger charge is 2.32. The van der Waals surface area contributed by atoms with Crippen LogP contribution in [0.5, 0.6) is 0 Å². The van der Waals surface area contributed by atoms with Crippen molar-refractivity contribution in [2.75, 3.05) is 20.6 Å². The maximum Gasteiger partial charge on any atom is 0.334 e. The van der Waals surface area contributed by atoms with Crippen molar-refractivity contribution >= 4 is 5.97 Å². The normalized spacial score (nSPS) is 29.5. The van der Waals surface area contributed by atoms with Gasteiger partial charge in [0.05, 0.1) is 0 Å². The number of rotatable bonds is 9. The molecule has 2 aliphatic carbocycles. The van der Waals surface area contributed by atoms with Crippen molar-refractivity contribution in [1.29, 1.82) is 0 Å². The third kappa shape index (κ3) is 7.06. The van der Waals surface area contributed by atoms with Crippen molar-refractivity contribution in [1.82, 2.24) is 4.90 Å². The molecular weight excluding hydrogens is 322 g/mol. The molecule has 0 aromatic heterocycles. The first kappa shape index (κ1) is 21.5. The van der Waals surface area contributed by atoms with E-state index in [0.717, 1.165) is 30.6 Å². The summed E-state index contributed by atoms with van der Waals surface area (Å²) in [5.41, 5.74) is 0.568. The quantitative estimate of drug-likeness (QED) is 0.304. The number of carbonyl (C=O) groups excluding carboxylic acids is 1. The number of hydrogen-bond acceptors (Lipinski definition) is 3. The van der Waals surface area contributed by atoms with Crippen LogP contribution in [0.4, 0.5) is 0 Å². The van der Waals surface area contributed by atoms with Crippen molar-refractivity contribution in [3.63, 3.8) is 0 Å². The molecule has 0 N–H and O–H groups in total. The van der Waals surface area contributed by atoms with Crippen LogP contribution in [0.15, 0.2) is 12.2 Å². The van der Waals surface area contributed by atoms with Gasteiger partial charge in [-0.1, -0.05) is 52.0 Å². The monoisotopic (exact) mass is 363 g/mol. The SMILES string of the molecule is C=C(CN(C)C)C(=O)OC1CCC(C2CCC(CCCCC)CC2)CC1. The fourth-order valence-electron chi connectivity index (χ4n) is 4.99. The molecule has 0 spiro atoms. The number of hydrogen-bond donors (Lipinski definition) is 0. The smallest absolute Gasteiger partial charge is 0.334 e. The zero-order valence-electron chi connectivity index (χ0n) is 17.5. The van der Waals surface area contributed by atoms with Gasteiger partial charge in [0, 0.05) is 12.1 Å². The molecule has 26 heavy (non-hydrogen) atoms. The topological polar surface area (TPSA) is 29.5 Å². The van der Waals surface area contributed by atoms with Crippen LogP contribution in [0.2, 0.25) is 0 Å². The first-order valence-electron chi connectivity index (χ1n) is 11.0. The zero-order valence-corrected chi connectivity index (χ0v) is 17.5. The summed E-state index contributed by atoms with van der Waals surface area (Å²) in [4.78, 5) is 14.1. The van der Waals surface area contributed by atoms with E-state index in [9.17, 15) is 4.79 Å². The average Bonchev–Trinajstić information content (AvgIpc) is 2.62. The fraction of sp³-hybridized carbons (Fsp3) is 0.870. The maximum atomic E-state index is 12.1. The number of carbonyl (C=O) groups is 1. The van der Waals surface area contributed by atoms with Crippen molar-refractivity contribution in [2.45, 2.75) is 90.1 Å². The molecule has 0 aliphatic heterocycles. The molecule has 0 unspecified atom stereocenters. The molecule has 3 heteroatoms. The Kier molecular flexibility index (Phi) is 9.18. The molecule has 3 nitrogen and oxygen atoms in total. The molecule has 2 fully saturated rings. The molecule has 0 radical (unpaired) electrons. The molecule has 2 saturated carbocycles. The van der Waals surface area contributed by atoms with Crippen LogP contribution in [0.3, 0.4) is 0 Å².